The molecule has 0 aliphatic carbocycles. The van der Waals surface area contributed by atoms with Crippen molar-refractivity contribution >= 4 is 11.7 Å². The van der Waals surface area contributed by atoms with E-state index in [1.165, 1.54) is 12.1 Å². The number of hydrogen-bond acceptors (Lipinski definition) is 2. The van der Waals surface area contributed by atoms with Crippen molar-refractivity contribution in [2.75, 3.05) is 25.0 Å². The third kappa shape index (κ3) is 2.90. The van der Waals surface area contributed by atoms with Crippen LogP contribution in [0.5, 0.6) is 0 Å². The molecule has 4 heterocycles. The molecule has 4 nitrogen and oxygen atoms in total. The molecule has 4 aliphatic heterocycles. The van der Waals surface area contributed by atoms with Gasteiger partial charge in [0.25, 0.3) is 0 Å². The lowest BCUT2D eigenvalue weighted by Crippen LogP contribution is -2.61. The van der Waals surface area contributed by atoms with Crippen molar-refractivity contribution in [1.82, 2.24) is 9.80 Å². The maximum atomic E-state index is 13.4. The van der Waals surface area contributed by atoms with E-state index in [1.807, 2.05) is 47.4 Å². The summed E-state index contributed by atoms with van der Waals surface area (Å²) in [5, 5.41) is 3.07. The minimum Gasteiger partial charge on any atom is -0.319 e. The smallest absolute Gasteiger partial charge is 0.319 e. The largest absolute Gasteiger partial charge is 0.322 e. The standard InChI is InChI=1S/C22H24FN3O/c23-17-8-6-15(7-9-17)19-14-26(22(27)24-18-4-2-1-3-5-18)20-16-10-12-25(13-11-16)21(19)20/h1-9,16,19-21H,10-14H2,(H,24,27)/t19-,20+,21+/m0/s1. The number of fused-ring (bicyclic) bond motifs is 2. The lowest BCUT2D eigenvalue weighted by molar-refractivity contribution is 0.00494. The van der Waals surface area contributed by atoms with Crippen LogP contribution < -0.4 is 5.32 Å². The first kappa shape index (κ1) is 16.8. The molecule has 2 aromatic rings. The number of hydrogen-bond donors (Lipinski definition) is 1. The summed E-state index contributed by atoms with van der Waals surface area (Å²) in [6.45, 7) is 2.90. The van der Waals surface area contributed by atoms with Crippen molar-refractivity contribution in [1.29, 1.82) is 0 Å². The third-order valence-corrected chi connectivity index (χ3v) is 6.58. The van der Waals surface area contributed by atoms with Gasteiger partial charge in [-0.25, -0.2) is 9.18 Å². The normalized spacial score (nSPS) is 31.6. The highest BCUT2D eigenvalue weighted by molar-refractivity contribution is 5.90. The Hall–Kier alpha value is -2.40. The molecule has 1 N–H and O–H groups in total. The van der Waals surface area contributed by atoms with E-state index in [-0.39, 0.29) is 23.8 Å². The van der Waals surface area contributed by atoms with Gasteiger partial charge in [-0.1, -0.05) is 30.3 Å². The first-order valence-corrected chi connectivity index (χ1v) is 9.83. The van der Waals surface area contributed by atoms with E-state index in [1.54, 1.807) is 0 Å². The van der Waals surface area contributed by atoms with Crippen molar-refractivity contribution in [2.45, 2.75) is 30.8 Å². The Morgan fingerprint density at radius 1 is 0.963 bits per heavy atom. The summed E-state index contributed by atoms with van der Waals surface area (Å²) in [6.07, 6.45) is 2.32. The monoisotopic (exact) mass is 365 g/mol. The maximum absolute atomic E-state index is 13.4. The molecule has 4 fully saturated rings. The van der Waals surface area contributed by atoms with Crippen molar-refractivity contribution in [2.24, 2.45) is 5.92 Å². The molecule has 0 unspecified atom stereocenters. The Morgan fingerprint density at radius 2 is 1.67 bits per heavy atom. The number of urea groups is 1. The fourth-order valence-electron chi connectivity index (χ4n) is 5.37. The number of halogens is 1. The Bertz CT molecular complexity index is 817. The molecule has 0 spiro atoms. The van der Waals surface area contributed by atoms with Crippen LogP contribution in [0.3, 0.4) is 0 Å². The highest BCUT2D eigenvalue weighted by atomic mass is 19.1. The summed E-state index contributed by atoms with van der Waals surface area (Å²) in [4.78, 5) is 17.7. The zero-order valence-electron chi connectivity index (χ0n) is 15.2. The summed E-state index contributed by atoms with van der Waals surface area (Å²) >= 11 is 0. The van der Waals surface area contributed by atoms with Gasteiger partial charge in [-0.15, -0.1) is 0 Å². The van der Waals surface area contributed by atoms with E-state index < -0.39 is 0 Å². The Balaban J connectivity index is 1.45. The second kappa shape index (κ2) is 6.64. The SMILES string of the molecule is O=C(Nc1ccccc1)N1C[C@@H](c2ccc(F)cc2)[C@@H]2[C@H]1C1CCN2CC1. The number of piperidine rings is 3. The van der Waals surface area contributed by atoms with E-state index in [2.05, 4.69) is 10.2 Å². The van der Waals surface area contributed by atoms with Crippen molar-refractivity contribution in [3.63, 3.8) is 0 Å². The zero-order valence-corrected chi connectivity index (χ0v) is 15.2. The number of anilines is 1. The molecule has 6 rings (SSSR count). The average Bonchev–Trinajstić information content (AvgIpc) is 3.13. The molecular weight excluding hydrogens is 341 g/mol. The Labute approximate surface area is 159 Å². The number of nitrogens with zero attached hydrogens (tertiary/aromatic N) is 2. The van der Waals surface area contributed by atoms with Gasteiger partial charge in [0.15, 0.2) is 0 Å². The van der Waals surface area contributed by atoms with Gasteiger partial charge in [0, 0.05) is 24.2 Å². The topological polar surface area (TPSA) is 35.6 Å². The van der Waals surface area contributed by atoms with Crippen molar-refractivity contribution < 1.29 is 9.18 Å². The Kier molecular flexibility index (Phi) is 4.12. The lowest BCUT2D eigenvalue weighted by Gasteiger charge is -2.51. The second-order valence-electron chi connectivity index (χ2n) is 7.96. The summed E-state index contributed by atoms with van der Waals surface area (Å²) in [5.41, 5.74) is 1.96. The van der Waals surface area contributed by atoms with Crippen molar-refractivity contribution in [3.8, 4) is 0 Å². The van der Waals surface area contributed by atoms with Gasteiger partial charge in [-0.2, -0.15) is 0 Å². The maximum Gasteiger partial charge on any atom is 0.322 e. The molecule has 0 radical (unpaired) electrons. The first-order chi connectivity index (χ1) is 13.2. The molecule has 2 bridgehead atoms. The number of amides is 2. The molecule has 140 valence electrons. The van der Waals surface area contributed by atoms with Gasteiger partial charge >= 0.3 is 6.03 Å². The predicted octanol–water partition coefficient (Wildman–Crippen LogP) is 3.92. The molecule has 3 atom stereocenters. The number of carbonyl (C=O) groups excluding carboxylic acids is 1. The quantitative estimate of drug-likeness (QED) is 0.876. The van der Waals surface area contributed by atoms with Crippen molar-refractivity contribution in [3.05, 3.63) is 66.0 Å². The number of benzene rings is 2. The molecule has 5 heteroatoms. The molecule has 4 aliphatic rings. The summed E-state index contributed by atoms with van der Waals surface area (Å²) in [6, 6.07) is 17.0. The Morgan fingerprint density at radius 3 is 2.37 bits per heavy atom. The molecule has 0 saturated carbocycles. The van der Waals surface area contributed by atoms with E-state index in [4.69, 9.17) is 0 Å². The summed E-state index contributed by atoms with van der Waals surface area (Å²) < 4.78 is 13.4. The number of carbonyl (C=O) groups is 1. The molecule has 0 aromatic heterocycles. The van der Waals surface area contributed by atoms with Gasteiger partial charge in [0.1, 0.15) is 5.82 Å². The average molecular weight is 365 g/mol. The zero-order chi connectivity index (χ0) is 18.4. The van der Waals surface area contributed by atoms with Crippen LogP contribution >= 0.6 is 0 Å². The second-order valence-corrected chi connectivity index (χ2v) is 7.96. The van der Waals surface area contributed by atoms with Gasteiger partial charge in [-0.3, -0.25) is 4.90 Å². The molecule has 4 saturated heterocycles. The van der Waals surface area contributed by atoms with Crippen LogP contribution in [0.25, 0.3) is 0 Å². The van der Waals surface area contributed by atoms with Gasteiger partial charge < -0.3 is 10.2 Å². The van der Waals surface area contributed by atoms with E-state index in [9.17, 15) is 9.18 Å². The van der Waals surface area contributed by atoms with Crippen LogP contribution in [0.4, 0.5) is 14.9 Å². The predicted molar refractivity (Wildman–Crippen MR) is 103 cm³/mol. The van der Waals surface area contributed by atoms with E-state index in [0.29, 0.717) is 18.5 Å². The van der Waals surface area contributed by atoms with Crippen LogP contribution in [0.2, 0.25) is 0 Å². The lowest BCUT2D eigenvalue weighted by atomic mass is 9.75. The van der Waals surface area contributed by atoms with Crippen LogP contribution in [0.15, 0.2) is 54.6 Å². The fourth-order valence-corrected chi connectivity index (χ4v) is 5.37. The highest BCUT2D eigenvalue weighted by Gasteiger charge is 2.54. The van der Waals surface area contributed by atoms with Crippen LogP contribution in [0, 0.1) is 11.7 Å². The van der Waals surface area contributed by atoms with Gasteiger partial charge in [0.2, 0.25) is 0 Å². The minimum atomic E-state index is -0.211. The van der Waals surface area contributed by atoms with Crippen LogP contribution in [-0.4, -0.2) is 47.5 Å². The van der Waals surface area contributed by atoms with E-state index >= 15 is 0 Å². The van der Waals surface area contributed by atoms with Gasteiger partial charge in [0.05, 0.1) is 6.04 Å². The van der Waals surface area contributed by atoms with Crippen LogP contribution in [0.1, 0.15) is 24.3 Å². The number of likely N-dealkylation sites (tertiary alicyclic amines) is 1. The van der Waals surface area contributed by atoms with Crippen LogP contribution in [-0.2, 0) is 0 Å². The number of rotatable bonds is 2. The van der Waals surface area contributed by atoms with E-state index in [0.717, 1.165) is 37.2 Å². The number of para-hydroxylation sites is 1. The first-order valence-electron chi connectivity index (χ1n) is 9.83. The molecular formula is C22H24FN3O. The van der Waals surface area contributed by atoms with Gasteiger partial charge in [-0.05, 0) is 61.7 Å². The number of nitrogens with one attached hydrogen (secondary N) is 1. The minimum absolute atomic E-state index is 0.0189. The molecule has 2 amide bonds. The molecule has 27 heavy (non-hydrogen) atoms. The highest BCUT2D eigenvalue weighted by Crippen LogP contribution is 2.46. The summed E-state index contributed by atoms with van der Waals surface area (Å²) in [5.74, 6) is 0.588. The fraction of sp³-hybridized carbons (Fsp3) is 0.409. The summed E-state index contributed by atoms with van der Waals surface area (Å²) in [7, 11) is 0. The third-order valence-electron chi connectivity index (χ3n) is 6.58. The molecule has 2 aromatic carbocycles.